The first-order valence-corrected chi connectivity index (χ1v) is 13.4. The Morgan fingerprint density at radius 3 is 2.45 bits per heavy atom. The van der Waals surface area contributed by atoms with Crippen LogP contribution in [0.3, 0.4) is 0 Å². The second-order valence-electron chi connectivity index (χ2n) is 9.76. The van der Waals surface area contributed by atoms with Gasteiger partial charge in [0.25, 0.3) is 5.91 Å². The summed E-state index contributed by atoms with van der Waals surface area (Å²) in [7, 11) is 0. The molecular formula is C31H28ClFN2O5. The highest BCUT2D eigenvalue weighted by Crippen LogP contribution is 2.21. The Balaban J connectivity index is 1.45. The second-order valence-corrected chi connectivity index (χ2v) is 10.2. The van der Waals surface area contributed by atoms with Crippen LogP contribution in [-0.2, 0) is 22.6 Å². The Morgan fingerprint density at radius 2 is 1.70 bits per heavy atom. The van der Waals surface area contributed by atoms with Crippen molar-refractivity contribution < 1.29 is 23.1 Å². The predicted molar refractivity (Wildman–Crippen MR) is 149 cm³/mol. The first-order valence-electron chi connectivity index (χ1n) is 13.1. The van der Waals surface area contributed by atoms with Gasteiger partial charge in [-0.05, 0) is 54.8 Å². The number of benzene rings is 3. The van der Waals surface area contributed by atoms with Crippen LogP contribution in [0.2, 0.25) is 5.02 Å². The van der Waals surface area contributed by atoms with Crippen molar-refractivity contribution in [1.29, 1.82) is 0 Å². The summed E-state index contributed by atoms with van der Waals surface area (Å²) in [6.45, 7) is 0.598. The number of fused-ring (bicyclic) bond motifs is 1. The quantitative estimate of drug-likeness (QED) is 0.271. The van der Waals surface area contributed by atoms with E-state index in [1.807, 2.05) is 0 Å². The fourth-order valence-corrected chi connectivity index (χ4v) is 5.01. The number of carbonyl (C=O) groups is 2. The minimum Gasteiger partial charge on any atom is -0.464 e. The van der Waals surface area contributed by atoms with E-state index in [1.54, 1.807) is 60.7 Å². The van der Waals surface area contributed by atoms with E-state index in [9.17, 15) is 18.8 Å². The third-order valence-corrected chi connectivity index (χ3v) is 7.25. The van der Waals surface area contributed by atoms with Gasteiger partial charge in [0.15, 0.2) is 5.43 Å². The first-order chi connectivity index (χ1) is 19.4. The summed E-state index contributed by atoms with van der Waals surface area (Å²) in [6, 6.07) is 19.4. The average molecular weight is 563 g/mol. The molecule has 206 valence electrons. The lowest BCUT2D eigenvalue weighted by atomic mass is 10.1. The zero-order chi connectivity index (χ0) is 28.1. The van der Waals surface area contributed by atoms with Gasteiger partial charge in [0, 0.05) is 19.7 Å². The number of hydrogen-bond donors (Lipinski definition) is 0. The normalized spacial score (nSPS) is 14.8. The molecule has 0 radical (unpaired) electrons. The van der Waals surface area contributed by atoms with Crippen molar-refractivity contribution in [1.82, 2.24) is 9.80 Å². The summed E-state index contributed by atoms with van der Waals surface area (Å²) >= 11 is 6.32. The van der Waals surface area contributed by atoms with E-state index in [1.165, 1.54) is 28.2 Å². The van der Waals surface area contributed by atoms with Gasteiger partial charge in [0.05, 0.1) is 40.4 Å². The Hall–Kier alpha value is -4.01. The van der Waals surface area contributed by atoms with Crippen molar-refractivity contribution in [2.45, 2.75) is 32.0 Å². The van der Waals surface area contributed by atoms with Gasteiger partial charge < -0.3 is 19.0 Å². The molecule has 4 aromatic rings. The lowest BCUT2D eigenvalue weighted by molar-refractivity contribution is -0.133. The van der Waals surface area contributed by atoms with E-state index in [2.05, 4.69) is 0 Å². The fraction of sp³-hybridized carbons (Fsp3) is 0.258. The highest BCUT2D eigenvalue weighted by molar-refractivity contribution is 6.33. The SMILES string of the molecule is O=C(CN(CC1CCCO1)C(=O)c1ccccc1Cl)N(Cc1ccc(F)cc1)Cc1coc2ccccc2c1=O. The van der Waals surface area contributed by atoms with Crippen molar-refractivity contribution >= 4 is 34.4 Å². The summed E-state index contributed by atoms with van der Waals surface area (Å²) in [5.41, 5.74) is 1.44. The molecule has 1 aliphatic rings. The van der Waals surface area contributed by atoms with Crippen molar-refractivity contribution in [2.24, 2.45) is 0 Å². The van der Waals surface area contributed by atoms with E-state index in [4.69, 9.17) is 20.8 Å². The molecule has 0 aliphatic carbocycles. The number of amides is 2. The molecule has 1 atom stereocenters. The number of halogens is 2. The maximum absolute atomic E-state index is 13.9. The van der Waals surface area contributed by atoms with Crippen molar-refractivity contribution in [3.8, 4) is 0 Å². The summed E-state index contributed by atoms with van der Waals surface area (Å²) in [5.74, 6) is -1.18. The standard InChI is InChI=1S/C31H28ClFN2O5/c32-27-9-3-1-7-25(27)31(38)35(18-24-6-5-15-39-24)19-29(36)34(16-21-11-13-23(33)14-12-21)17-22-20-40-28-10-4-2-8-26(28)30(22)37/h1-4,7-14,20,24H,5-6,15-19H2. The molecule has 1 unspecified atom stereocenters. The van der Waals surface area contributed by atoms with Gasteiger partial charge in [-0.15, -0.1) is 0 Å². The largest absolute Gasteiger partial charge is 0.464 e. The summed E-state index contributed by atoms with van der Waals surface area (Å²) in [6.07, 6.45) is 2.81. The second kappa shape index (κ2) is 12.4. The van der Waals surface area contributed by atoms with Crippen LogP contribution >= 0.6 is 11.6 Å². The Kier molecular flexibility index (Phi) is 8.57. The van der Waals surface area contributed by atoms with Crippen molar-refractivity contribution in [3.63, 3.8) is 0 Å². The topological polar surface area (TPSA) is 80.1 Å². The molecule has 5 rings (SSSR count). The van der Waals surface area contributed by atoms with Crippen LogP contribution in [0, 0.1) is 5.82 Å². The first kappa shape index (κ1) is 27.6. The number of nitrogens with zero attached hydrogens (tertiary/aromatic N) is 2. The van der Waals surface area contributed by atoms with Crippen molar-refractivity contribution in [3.05, 3.63) is 117 Å². The zero-order valence-electron chi connectivity index (χ0n) is 21.7. The zero-order valence-corrected chi connectivity index (χ0v) is 22.5. The van der Waals surface area contributed by atoms with Crippen LogP contribution in [0.4, 0.5) is 4.39 Å². The number of hydrogen-bond acceptors (Lipinski definition) is 5. The van der Waals surface area contributed by atoms with Crippen LogP contribution in [0.1, 0.15) is 34.3 Å². The van der Waals surface area contributed by atoms with E-state index in [-0.39, 0.29) is 59.8 Å². The number of rotatable bonds is 9. The monoisotopic (exact) mass is 562 g/mol. The number of para-hydroxylation sites is 1. The van der Waals surface area contributed by atoms with Crippen molar-refractivity contribution in [2.75, 3.05) is 19.7 Å². The third-order valence-electron chi connectivity index (χ3n) is 6.92. The highest BCUT2D eigenvalue weighted by Gasteiger charge is 2.28. The molecule has 3 aromatic carbocycles. The Bertz CT molecular complexity index is 1570. The minimum atomic E-state index is -0.398. The van der Waals surface area contributed by atoms with E-state index < -0.39 is 11.7 Å². The molecule has 9 heteroatoms. The van der Waals surface area contributed by atoms with Gasteiger partial charge in [0.2, 0.25) is 5.91 Å². The van der Waals surface area contributed by atoms with Gasteiger partial charge in [-0.2, -0.15) is 0 Å². The molecule has 2 amide bonds. The third kappa shape index (κ3) is 6.41. The molecule has 7 nitrogen and oxygen atoms in total. The van der Waals surface area contributed by atoms with Crippen LogP contribution in [-0.4, -0.2) is 47.4 Å². The maximum atomic E-state index is 13.9. The lowest BCUT2D eigenvalue weighted by Gasteiger charge is -2.29. The van der Waals surface area contributed by atoms with Gasteiger partial charge in [-0.3, -0.25) is 14.4 Å². The molecular weight excluding hydrogens is 535 g/mol. The Morgan fingerprint density at radius 1 is 0.950 bits per heavy atom. The van der Waals surface area contributed by atoms with Crippen LogP contribution < -0.4 is 5.43 Å². The molecule has 1 saturated heterocycles. The summed E-state index contributed by atoms with van der Waals surface area (Å²) in [4.78, 5) is 43.6. The number of carbonyl (C=O) groups excluding carboxylic acids is 2. The molecule has 0 N–H and O–H groups in total. The predicted octanol–water partition coefficient (Wildman–Crippen LogP) is 5.44. The number of ether oxygens (including phenoxy) is 1. The smallest absolute Gasteiger partial charge is 0.255 e. The van der Waals surface area contributed by atoms with E-state index in [0.717, 1.165) is 12.8 Å². The van der Waals surface area contributed by atoms with Crippen LogP contribution in [0.5, 0.6) is 0 Å². The van der Waals surface area contributed by atoms with E-state index >= 15 is 0 Å². The molecule has 2 heterocycles. The molecule has 1 aromatic heterocycles. The molecule has 0 spiro atoms. The molecule has 40 heavy (non-hydrogen) atoms. The van der Waals surface area contributed by atoms with Crippen LogP contribution in [0.15, 0.2) is 88.3 Å². The van der Waals surface area contributed by atoms with E-state index in [0.29, 0.717) is 23.1 Å². The van der Waals surface area contributed by atoms with Crippen LogP contribution in [0.25, 0.3) is 11.0 Å². The summed E-state index contributed by atoms with van der Waals surface area (Å²) < 4.78 is 25.0. The minimum absolute atomic E-state index is 0.0581. The van der Waals surface area contributed by atoms with Gasteiger partial charge in [-0.1, -0.05) is 48.0 Å². The van der Waals surface area contributed by atoms with Gasteiger partial charge >= 0.3 is 0 Å². The molecule has 1 fully saturated rings. The van der Waals surface area contributed by atoms with Gasteiger partial charge in [-0.25, -0.2) is 4.39 Å². The molecule has 0 bridgehead atoms. The molecule has 0 saturated carbocycles. The maximum Gasteiger partial charge on any atom is 0.255 e. The summed E-state index contributed by atoms with van der Waals surface area (Å²) in [5, 5.41) is 0.692. The highest BCUT2D eigenvalue weighted by atomic mass is 35.5. The van der Waals surface area contributed by atoms with Gasteiger partial charge in [0.1, 0.15) is 17.9 Å². The lowest BCUT2D eigenvalue weighted by Crippen LogP contribution is -2.45. The molecule has 1 aliphatic heterocycles. The Labute approximate surface area is 235 Å². The fourth-order valence-electron chi connectivity index (χ4n) is 4.80. The average Bonchev–Trinajstić information content (AvgIpc) is 3.48.